The summed E-state index contributed by atoms with van der Waals surface area (Å²) in [7, 11) is 2.21. The van der Waals surface area contributed by atoms with Gasteiger partial charge in [0.1, 0.15) is 0 Å². The number of hydrogen-bond acceptors (Lipinski definition) is 2. The second-order valence-corrected chi connectivity index (χ2v) is 4.79. The van der Waals surface area contributed by atoms with E-state index in [1.165, 1.54) is 24.8 Å². The quantitative estimate of drug-likeness (QED) is 0.654. The van der Waals surface area contributed by atoms with Crippen molar-refractivity contribution >= 4 is 0 Å². The van der Waals surface area contributed by atoms with Crippen LogP contribution in [0.4, 0.5) is 0 Å². The standard InChI is InChI=1S/C12H24N2/c1-10(2)13-8-11(3)9-14(4)12-6-5-7-12/h10,12-13H,3,5-9H2,1-2,4H3. The van der Waals surface area contributed by atoms with Crippen LogP contribution < -0.4 is 5.32 Å². The SMILES string of the molecule is C=C(CNC(C)C)CN(C)C1CCC1. The lowest BCUT2D eigenvalue weighted by Crippen LogP contribution is -2.39. The fraction of sp³-hybridized carbons (Fsp3) is 0.833. The van der Waals surface area contributed by atoms with Gasteiger partial charge in [0.25, 0.3) is 0 Å². The Bertz CT molecular complexity index is 183. The molecule has 1 saturated carbocycles. The fourth-order valence-electron chi connectivity index (χ4n) is 1.71. The van der Waals surface area contributed by atoms with Crippen LogP contribution in [0.15, 0.2) is 12.2 Å². The van der Waals surface area contributed by atoms with Gasteiger partial charge in [-0.3, -0.25) is 4.90 Å². The van der Waals surface area contributed by atoms with E-state index in [0.29, 0.717) is 6.04 Å². The molecule has 2 heteroatoms. The summed E-state index contributed by atoms with van der Waals surface area (Å²) < 4.78 is 0. The lowest BCUT2D eigenvalue weighted by molar-refractivity contribution is 0.171. The van der Waals surface area contributed by atoms with Gasteiger partial charge in [-0.1, -0.05) is 26.8 Å². The van der Waals surface area contributed by atoms with E-state index in [0.717, 1.165) is 19.1 Å². The van der Waals surface area contributed by atoms with Crippen LogP contribution in [0.3, 0.4) is 0 Å². The second-order valence-electron chi connectivity index (χ2n) is 4.79. The zero-order chi connectivity index (χ0) is 10.6. The molecule has 0 atom stereocenters. The van der Waals surface area contributed by atoms with Crippen LogP contribution in [0, 0.1) is 0 Å². The van der Waals surface area contributed by atoms with E-state index in [2.05, 4.69) is 37.7 Å². The van der Waals surface area contributed by atoms with Gasteiger partial charge in [-0.2, -0.15) is 0 Å². The molecule has 0 aromatic heterocycles. The molecule has 14 heavy (non-hydrogen) atoms. The van der Waals surface area contributed by atoms with Crippen LogP contribution in [0.2, 0.25) is 0 Å². The first kappa shape index (κ1) is 11.7. The van der Waals surface area contributed by atoms with Crippen LogP contribution in [-0.2, 0) is 0 Å². The molecule has 0 amide bonds. The highest BCUT2D eigenvalue weighted by Gasteiger charge is 2.21. The minimum absolute atomic E-state index is 0.556. The van der Waals surface area contributed by atoms with Gasteiger partial charge in [-0.05, 0) is 25.5 Å². The average molecular weight is 196 g/mol. The fourth-order valence-corrected chi connectivity index (χ4v) is 1.71. The summed E-state index contributed by atoms with van der Waals surface area (Å²) in [6, 6.07) is 1.38. The van der Waals surface area contributed by atoms with E-state index in [9.17, 15) is 0 Å². The molecular formula is C12H24N2. The molecule has 0 heterocycles. The number of nitrogens with one attached hydrogen (secondary N) is 1. The summed E-state index contributed by atoms with van der Waals surface area (Å²) in [6.07, 6.45) is 4.16. The molecule has 0 unspecified atom stereocenters. The van der Waals surface area contributed by atoms with Crippen LogP contribution in [-0.4, -0.2) is 37.1 Å². The lowest BCUT2D eigenvalue weighted by Gasteiger charge is -2.35. The molecule has 2 nitrogen and oxygen atoms in total. The van der Waals surface area contributed by atoms with Crippen LogP contribution in [0.25, 0.3) is 0 Å². The van der Waals surface area contributed by atoms with Crippen LogP contribution >= 0.6 is 0 Å². The number of rotatable bonds is 6. The summed E-state index contributed by atoms with van der Waals surface area (Å²) in [4.78, 5) is 2.44. The summed E-state index contributed by atoms with van der Waals surface area (Å²) in [6.45, 7) is 10.4. The molecule has 0 aromatic carbocycles. The highest BCUT2D eigenvalue weighted by atomic mass is 15.1. The van der Waals surface area contributed by atoms with Crippen molar-refractivity contribution in [1.82, 2.24) is 10.2 Å². The van der Waals surface area contributed by atoms with Gasteiger partial charge in [0.2, 0.25) is 0 Å². The molecule has 0 saturated heterocycles. The summed E-state index contributed by atoms with van der Waals surface area (Å²) in [5.41, 5.74) is 1.30. The molecule has 1 aliphatic carbocycles. The molecule has 1 fully saturated rings. The van der Waals surface area contributed by atoms with Gasteiger partial charge < -0.3 is 5.32 Å². The first-order valence-electron chi connectivity index (χ1n) is 5.70. The maximum atomic E-state index is 4.10. The average Bonchev–Trinajstić information content (AvgIpc) is 1.97. The molecule has 1 N–H and O–H groups in total. The van der Waals surface area contributed by atoms with Crippen molar-refractivity contribution in [2.75, 3.05) is 20.1 Å². The maximum Gasteiger partial charge on any atom is 0.0202 e. The molecule has 0 aliphatic heterocycles. The highest BCUT2D eigenvalue weighted by molar-refractivity contribution is 5.01. The first-order valence-corrected chi connectivity index (χ1v) is 5.70. The second kappa shape index (κ2) is 5.52. The molecule has 0 aromatic rings. The summed E-state index contributed by atoms with van der Waals surface area (Å²) in [5.74, 6) is 0. The van der Waals surface area contributed by atoms with Gasteiger partial charge in [0, 0.05) is 25.2 Å². The van der Waals surface area contributed by atoms with E-state index < -0.39 is 0 Å². The third-order valence-corrected chi connectivity index (χ3v) is 2.93. The Hall–Kier alpha value is -0.340. The Balaban J connectivity index is 2.12. The zero-order valence-corrected chi connectivity index (χ0v) is 9.84. The summed E-state index contributed by atoms with van der Waals surface area (Å²) >= 11 is 0. The number of nitrogens with zero attached hydrogens (tertiary/aromatic N) is 1. The topological polar surface area (TPSA) is 15.3 Å². The largest absolute Gasteiger partial charge is 0.311 e. The molecule has 1 rings (SSSR count). The van der Waals surface area contributed by atoms with Gasteiger partial charge in [0.05, 0.1) is 0 Å². The molecule has 82 valence electrons. The van der Waals surface area contributed by atoms with Crippen LogP contribution in [0.1, 0.15) is 33.1 Å². The summed E-state index contributed by atoms with van der Waals surface area (Å²) in [5, 5.41) is 3.40. The number of likely N-dealkylation sites (N-methyl/N-ethyl adjacent to an activating group) is 1. The smallest absolute Gasteiger partial charge is 0.0202 e. The van der Waals surface area contributed by atoms with Crippen molar-refractivity contribution < 1.29 is 0 Å². The molecule has 0 bridgehead atoms. The minimum Gasteiger partial charge on any atom is -0.311 e. The van der Waals surface area contributed by atoms with Crippen molar-refractivity contribution in [3.63, 3.8) is 0 Å². The van der Waals surface area contributed by atoms with Crippen molar-refractivity contribution in [1.29, 1.82) is 0 Å². The van der Waals surface area contributed by atoms with Gasteiger partial charge in [-0.25, -0.2) is 0 Å². The molecule has 1 aliphatic rings. The number of hydrogen-bond donors (Lipinski definition) is 1. The Labute approximate surface area is 88.4 Å². The van der Waals surface area contributed by atoms with Crippen LogP contribution in [0.5, 0.6) is 0 Å². The highest BCUT2D eigenvalue weighted by Crippen LogP contribution is 2.23. The predicted molar refractivity (Wildman–Crippen MR) is 62.5 cm³/mol. The Morgan fingerprint density at radius 2 is 2.14 bits per heavy atom. The van der Waals surface area contributed by atoms with Gasteiger partial charge in [0.15, 0.2) is 0 Å². The third-order valence-electron chi connectivity index (χ3n) is 2.93. The van der Waals surface area contributed by atoms with Crippen molar-refractivity contribution in [3.05, 3.63) is 12.2 Å². The minimum atomic E-state index is 0.556. The Morgan fingerprint density at radius 1 is 1.50 bits per heavy atom. The maximum absolute atomic E-state index is 4.10. The molecular weight excluding hydrogens is 172 g/mol. The van der Waals surface area contributed by atoms with Gasteiger partial charge in [-0.15, -0.1) is 0 Å². The van der Waals surface area contributed by atoms with Gasteiger partial charge >= 0.3 is 0 Å². The van der Waals surface area contributed by atoms with Crippen molar-refractivity contribution in [2.24, 2.45) is 0 Å². The third kappa shape index (κ3) is 3.81. The van der Waals surface area contributed by atoms with Crippen molar-refractivity contribution in [2.45, 2.75) is 45.2 Å². The van der Waals surface area contributed by atoms with E-state index >= 15 is 0 Å². The first-order chi connectivity index (χ1) is 6.59. The van der Waals surface area contributed by atoms with E-state index in [1.807, 2.05) is 0 Å². The van der Waals surface area contributed by atoms with E-state index in [-0.39, 0.29) is 0 Å². The van der Waals surface area contributed by atoms with Crippen molar-refractivity contribution in [3.8, 4) is 0 Å². The normalized spacial score (nSPS) is 17.5. The van der Waals surface area contributed by atoms with E-state index in [4.69, 9.17) is 0 Å². The monoisotopic (exact) mass is 196 g/mol. The van der Waals surface area contributed by atoms with E-state index in [1.54, 1.807) is 0 Å². The zero-order valence-electron chi connectivity index (χ0n) is 9.84. The predicted octanol–water partition coefficient (Wildman–Crippen LogP) is 2.02. The Kier molecular flexibility index (Phi) is 4.63. The molecule has 0 radical (unpaired) electrons. The lowest BCUT2D eigenvalue weighted by atomic mass is 9.91. The Morgan fingerprint density at radius 3 is 2.57 bits per heavy atom. The molecule has 0 spiro atoms.